The first-order valence-electron chi connectivity index (χ1n) is 7.26. The summed E-state index contributed by atoms with van der Waals surface area (Å²) in [4.78, 5) is 14.6. The van der Waals surface area contributed by atoms with E-state index < -0.39 is 0 Å². The van der Waals surface area contributed by atoms with Crippen LogP contribution in [0, 0.1) is 13.8 Å². The molecule has 1 amide bonds. The third-order valence-electron chi connectivity index (χ3n) is 3.81. The number of rotatable bonds is 7. The van der Waals surface area contributed by atoms with Crippen molar-refractivity contribution in [2.24, 2.45) is 5.73 Å². The summed E-state index contributed by atoms with van der Waals surface area (Å²) in [6, 6.07) is 6.21. The monoisotopic (exact) mass is 306 g/mol. The molecule has 21 heavy (non-hydrogen) atoms. The molecule has 1 aliphatic carbocycles. The molecule has 1 aromatic rings. The predicted molar refractivity (Wildman–Crippen MR) is 87.5 cm³/mol. The minimum Gasteiger partial charge on any atom is -0.483 e. The van der Waals surface area contributed by atoms with Gasteiger partial charge < -0.3 is 15.4 Å². The number of thiocarbonyl (C=S) groups is 1. The molecule has 0 aliphatic heterocycles. The highest BCUT2D eigenvalue weighted by Crippen LogP contribution is 2.27. The van der Waals surface area contributed by atoms with Crippen LogP contribution in [0.1, 0.15) is 30.4 Å². The smallest absolute Gasteiger partial charge is 0.260 e. The van der Waals surface area contributed by atoms with E-state index in [2.05, 4.69) is 0 Å². The Hall–Kier alpha value is -1.62. The number of benzene rings is 1. The van der Waals surface area contributed by atoms with Crippen LogP contribution in [0.5, 0.6) is 5.75 Å². The molecular formula is C16H22N2O2S. The van der Waals surface area contributed by atoms with E-state index in [9.17, 15) is 4.79 Å². The standard InChI is InChI=1S/C16H22N2O2S/c1-11-4-3-5-14(12(11)2)20-10-16(19)18(13-6-7-13)9-8-15(17)21/h3-5,13H,6-10H2,1-2H3,(H2,17,21). The zero-order valence-electron chi connectivity index (χ0n) is 12.6. The zero-order chi connectivity index (χ0) is 15.4. The normalized spacial score (nSPS) is 13.8. The Bertz CT molecular complexity index is 541. The summed E-state index contributed by atoms with van der Waals surface area (Å²) < 4.78 is 5.69. The fourth-order valence-corrected chi connectivity index (χ4v) is 2.32. The van der Waals surface area contributed by atoms with E-state index in [-0.39, 0.29) is 12.5 Å². The van der Waals surface area contributed by atoms with Gasteiger partial charge in [0.05, 0.1) is 4.99 Å². The van der Waals surface area contributed by atoms with Crippen molar-refractivity contribution >= 4 is 23.1 Å². The number of hydrogen-bond acceptors (Lipinski definition) is 3. The van der Waals surface area contributed by atoms with Crippen molar-refractivity contribution in [3.05, 3.63) is 29.3 Å². The first kappa shape index (κ1) is 15.8. The molecule has 0 spiro atoms. The second kappa shape index (κ2) is 6.89. The summed E-state index contributed by atoms with van der Waals surface area (Å²) in [5.74, 6) is 0.781. The maximum absolute atomic E-state index is 12.3. The van der Waals surface area contributed by atoms with Gasteiger partial charge in [0.2, 0.25) is 0 Å². The minimum absolute atomic E-state index is 0.00894. The Kier molecular flexibility index (Phi) is 5.17. The summed E-state index contributed by atoms with van der Waals surface area (Å²) >= 11 is 4.89. The van der Waals surface area contributed by atoms with E-state index in [1.54, 1.807) is 0 Å². The molecule has 0 unspecified atom stereocenters. The Balaban J connectivity index is 1.92. The Morgan fingerprint density at radius 3 is 2.76 bits per heavy atom. The third-order valence-corrected chi connectivity index (χ3v) is 4.02. The van der Waals surface area contributed by atoms with Gasteiger partial charge in [0.1, 0.15) is 5.75 Å². The molecule has 0 bridgehead atoms. The van der Waals surface area contributed by atoms with E-state index in [0.29, 0.717) is 24.0 Å². The van der Waals surface area contributed by atoms with E-state index in [1.807, 2.05) is 36.9 Å². The maximum Gasteiger partial charge on any atom is 0.260 e. The van der Waals surface area contributed by atoms with Crippen LogP contribution >= 0.6 is 12.2 Å². The summed E-state index contributed by atoms with van der Waals surface area (Å²) in [5, 5.41) is 0. The first-order valence-corrected chi connectivity index (χ1v) is 7.66. The first-order chi connectivity index (χ1) is 9.99. The topological polar surface area (TPSA) is 55.6 Å². The van der Waals surface area contributed by atoms with Crippen molar-refractivity contribution in [2.75, 3.05) is 13.2 Å². The second-order valence-electron chi connectivity index (χ2n) is 5.52. The summed E-state index contributed by atoms with van der Waals surface area (Å²) in [6.45, 7) is 4.69. The van der Waals surface area contributed by atoms with Crippen molar-refractivity contribution in [3.8, 4) is 5.75 Å². The summed E-state index contributed by atoms with van der Waals surface area (Å²) in [5.41, 5.74) is 7.76. The molecule has 0 heterocycles. The second-order valence-corrected chi connectivity index (χ2v) is 6.05. The van der Waals surface area contributed by atoms with Crippen LogP contribution in [-0.2, 0) is 4.79 Å². The summed E-state index contributed by atoms with van der Waals surface area (Å²) in [7, 11) is 0. The fourth-order valence-electron chi connectivity index (χ4n) is 2.23. The van der Waals surface area contributed by atoms with Crippen LogP contribution < -0.4 is 10.5 Å². The van der Waals surface area contributed by atoms with Gasteiger partial charge in [-0.1, -0.05) is 24.4 Å². The van der Waals surface area contributed by atoms with Gasteiger partial charge in [-0.15, -0.1) is 0 Å². The average Bonchev–Trinajstić information content (AvgIpc) is 3.25. The van der Waals surface area contributed by atoms with E-state index in [4.69, 9.17) is 22.7 Å². The van der Waals surface area contributed by atoms with Crippen LogP contribution in [0.3, 0.4) is 0 Å². The molecule has 1 aliphatic rings. The lowest BCUT2D eigenvalue weighted by molar-refractivity contribution is -0.133. The molecular weight excluding hydrogens is 284 g/mol. The van der Waals surface area contributed by atoms with Gasteiger partial charge in [-0.25, -0.2) is 0 Å². The van der Waals surface area contributed by atoms with Gasteiger partial charge in [0, 0.05) is 19.0 Å². The molecule has 5 heteroatoms. The molecule has 4 nitrogen and oxygen atoms in total. The SMILES string of the molecule is Cc1cccc(OCC(=O)N(CCC(N)=S)C2CC2)c1C. The van der Waals surface area contributed by atoms with Crippen molar-refractivity contribution in [1.82, 2.24) is 4.90 Å². The molecule has 114 valence electrons. The molecule has 1 saturated carbocycles. The Morgan fingerprint density at radius 2 is 2.14 bits per heavy atom. The van der Waals surface area contributed by atoms with Gasteiger partial charge in [-0.3, -0.25) is 4.79 Å². The van der Waals surface area contributed by atoms with Crippen molar-refractivity contribution in [1.29, 1.82) is 0 Å². The molecule has 2 N–H and O–H groups in total. The number of aryl methyl sites for hydroxylation is 1. The highest BCUT2D eigenvalue weighted by atomic mass is 32.1. The predicted octanol–water partition coefficient (Wildman–Crippen LogP) is 2.35. The Labute approximate surface area is 131 Å². The van der Waals surface area contributed by atoms with Crippen LogP contribution in [0.15, 0.2) is 18.2 Å². The van der Waals surface area contributed by atoms with Gasteiger partial charge in [0.25, 0.3) is 5.91 Å². The van der Waals surface area contributed by atoms with E-state index >= 15 is 0 Å². The van der Waals surface area contributed by atoms with Crippen LogP contribution in [0.2, 0.25) is 0 Å². The number of amides is 1. The van der Waals surface area contributed by atoms with Crippen LogP contribution in [0.25, 0.3) is 0 Å². The minimum atomic E-state index is 0.00894. The fraction of sp³-hybridized carbons (Fsp3) is 0.500. The zero-order valence-corrected chi connectivity index (χ0v) is 13.4. The van der Waals surface area contributed by atoms with Gasteiger partial charge in [-0.05, 0) is 43.9 Å². The largest absolute Gasteiger partial charge is 0.483 e. The van der Waals surface area contributed by atoms with Crippen molar-refractivity contribution in [2.45, 2.75) is 39.2 Å². The average molecular weight is 306 g/mol. The third kappa shape index (κ3) is 4.43. The maximum atomic E-state index is 12.3. The quantitative estimate of drug-likeness (QED) is 0.786. The summed E-state index contributed by atoms with van der Waals surface area (Å²) in [6.07, 6.45) is 2.69. The van der Waals surface area contributed by atoms with E-state index in [1.165, 1.54) is 0 Å². The van der Waals surface area contributed by atoms with Gasteiger partial charge in [0.15, 0.2) is 6.61 Å². The molecule has 0 aromatic heterocycles. The van der Waals surface area contributed by atoms with Crippen molar-refractivity contribution in [3.63, 3.8) is 0 Å². The van der Waals surface area contributed by atoms with Gasteiger partial charge in [-0.2, -0.15) is 0 Å². The number of nitrogens with two attached hydrogens (primary N) is 1. The molecule has 0 saturated heterocycles. The van der Waals surface area contributed by atoms with Crippen LogP contribution in [0.4, 0.5) is 0 Å². The lowest BCUT2D eigenvalue weighted by atomic mass is 10.1. The number of carbonyl (C=O) groups is 1. The Morgan fingerprint density at radius 1 is 1.43 bits per heavy atom. The number of carbonyl (C=O) groups excluding carboxylic acids is 1. The number of hydrogen-bond donors (Lipinski definition) is 1. The highest BCUT2D eigenvalue weighted by Gasteiger charge is 2.32. The number of ether oxygens (including phenoxy) is 1. The molecule has 1 fully saturated rings. The number of nitrogens with zero attached hydrogens (tertiary/aromatic N) is 1. The highest BCUT2D eigenvalue weighted by molar-refractivity contribution is 7.80. The molecule has 2 rings (SSSR count). The molecule has 1 aromatic carbocycles. The van der Waals surface area contributed by atoms with Gasteiger partial charge >= 0.3 is 0 Å². The van der Waals surface area contributed by atoms with Crippen LogP contribution in [-0.4, -0.2) is 35.0 Å². The van der Waals surface area contributed by atoms with E-state index in [0.717, 1.165) is 29.7 Å². The van der Waals surface area contributed by atoms with Crippen molar-refractivity contribution < 1.29 is 9.53 Å². The molecule has 0 radical (unpaired) electrons. The lowest BCUT2D eigenvalue weighted by Gasteiger charge is -2.22. The lowest BCUT2D eigenvalue weighted by Crippen LogP contribution is -2.38. The molecule has 0 atom stereocenters.